The fraction of sp³-hybridized carbons (Fsp3) is 0.174. The molecule has 1 amide bonds. The van der Waals surface area contributed by atoms with E-state index in [0.717, 1.165) is 28.1 Å². The third-order valence-electron chi connectivity index (χ3n) is 5.13. The normalized spacial score (nSPS) is 14.0. The van der Waals surface area contributed by atoms with Crippen molar-refractivity contribution in [2.24, 2.45) is 0 Å². The van der Waals surface area contributed by atoms with E-state index in [1.165, 1.54) is 6.33 Å². The number of likely N-dealkylation sites (N-methyl/N-ethyl adjacent to an activating group) is 1. The van der Waals surface area contributed by atoms with Gasteiger partial charge in [-0.1, -0.05) is 29.8 Å². The Labute approximate surface area is 180 Å². The number of carbonyl (C=O) groups is 1. The summed E-state index contributed by atoms with van der Waals surface area (Å²) in [7, 11) is 1.80. The van der Waals surface area contributed by atoms with Crippen LogP contribution < -0.4 is 4.74 Å². The Morgan fingerprint density at radius 2 is 2.07 bits per heavy atom. The monoisotopic (exact) mass is 420 g/mol. The fourth-order valence-electron chi connectivity index (χ4n) is 3.22. The van der Waals surface area contributed by atoms with Crippen molar-refractivity contribution < 1.29 is 9.53 Å². The summed E-state index contributed by atoms with van der Waals surface area (Å²) in [4.78, 5) is 18.3. The van der Waals surface area contributed by atoms with Gasteiger partial charge in [0.15, 0.2) is 0 Å². The molecule has 3 aromatic rings. The first-order valence-corrected chi connectivity index (χ1v) is 9.92. The summed E-state index contributed by atoms with van der Waals surface area (Å²) in [6.45, 7) is 2.42. The van der Waals surface area contributed by atoms with Crippen LogP contribution in [0.4, 0.5) is 0 Å². The third kappa shape index (κ3) is 4.28. The van der Waals surface area contributed by atoms with Gasteiger partial charge in [-0.15, -0.1) is 0 Å². The molecule has 1 unspecified atom stereocenters. The average molecular weight is 421 g/mol. The number of fused-ring (bicyclic) bond motifs is 1. The molecule has 2 aromatic carbocycles. The summed E-state index contributed by atoms with van der Waals surface area (Å²) < 4.78 is 7.42. The molecule has 4 rings (SSSR count). The van der Waals surface area contributed by atoms with Gasteiger partial charge in [0.1, 0.15) is 25.0 Å². The SMILES string of the molecule is CC(c1ccc(-n2cncn2)cc1)N(C)C(=O)/C=C/C1=Cc2cc(Cl)ccc2OC1. The van der Waals surface area contributed by atoms with E-state index < -0.39 is 0 Å². The van der Waals surface area contributed by atoms with E-state index in [-0.39, 0.29) is 11.9 Å². The van der Waals surface area contributed by atoms with Crippen LogP contribution in [0.1, 0.15) is 24.1 Å². The third-order valence-corrected chi connectivity index (χ3v) is 5.37. The maximum Gasteiger partial charge on any atom is 0.246 e. The minimum absolute atomic E-state index is 0.0805. The van der Waals surface area contributed by atoms with Gasteiger partial charge >= 0.3 is 0 Å². The lowest BCUT2D eigenvalue weighted by molar-refractivity contribution is -0.126. The number of nitrogens with zero attached hydrogens (tertiary/aromatic N) is 4. The number of benzene rings is 2. The zero-order valence-corrected chi connectivity index (χ0v) is 17.5. The lowest BCUT2D eigenvalue weighted by atomic mass is 10.1. The van der Waals surface area contributed by atoms with E-state index in [0.29, 0.717) is 11.6 Å². The maximum atomic E-state index is 12.7. The highest BCUT2D eigenvalue weighted by Gasteiger charge is 2.16. The van der Waals surface area contributed by atoms with Gasteiger partial charge in [0.2, 0.25) is 5.91 Å². The van der Waals surface area contributed by atoms with Crippen LogP contribution in [0.15, 0.2) is 72.8 Å². The smallest absolute Gasteiger partial charge is 0.246 e. The number of amides is 1. The van der Waals surface area contributed by atoms with Crippen molar-refractivity contribution in [3.8, 4) is 11.4 Å². The Kier molecular flexibility index (Phi) is 5.68. The molecule has 1 aliphatic rings. The molecule has 0 bridgehead atoms. The van der Waals surface area contributed by atoms with E-state index in [2.05, 4.69) is 10.1 Å². The van der Waals surface area contributed by atoms with Crippen LogP contribution in [0, 0.1) is 0 Å². The van der Waals surface area contributed by atoms with Gasteiger partial charge in [0.25, 0.3) is 0 Å². The summed E-state index contributed by atoms with van der Waals surface area (Å²) in [6, 6.07) is 13.3. The fourth-order valence-corrected chi connectivity index (χ4v) is 3.40. The summed E-state index contributed by atoms with van der Waals surface area (Å²) >= 11 is 6.05. The standard InChI is InChI=1S/C23H21ClN4O2/c1-16(18-4-7-21(8-5-18)28-15-25-14-26-28)27(2)23(29)10-3-17-11-19-12-20(24)6-9-22(19)30-13-17/h3-12,14-16H,13H2,1-2H3/b10-3+. The summed E-state index contributed by atoms with van der Waals surface area (Å²) in [5.74, 6) is 0.712. The highest BCUT2D eigenvalue weighted by Crippen LogP contribution is 2.29. The number of aromatic nitrogens is 3. The Balaban J connectivity index is 1.43. The van der Waals surface area contributed by atoms with Gasteiger partial charge in [-0.05, 0) is 54.5 Å². The molecule has 1 aliphatic heterocycles. The average Bonchev–Trinajstić information content (AvgIpc) is 3.31. The topological polar surface area (TPSA) is 60.2 Å². The minimum Gasteiger partial charge on any atom is -0.488 e. The molecule has 2 heterocycles. The lowest BCUT2D eigenvalue weighted by Gasteiger charge is -2.24. The predicted molar refractivity (Wildman–Crippen MR) is 117 cm³/mol. The van der Waals surface area contributed by atoms with Crippen LogP contribution in [-0.4, -0.2) is 39.2 Å². The molecular formula is C23H21ClN4O2. The van der Waals surface area contributed by atoms with Crippen molar-refractivity contribution in [1.29, 1.82) is 0 Å². The summed E-state index contributed by atoms with van der Waals surface area (Å²) in [5, 5.41) is 4.77. The number of ether oxygens (including phenoxy) is 1. The van der Waals surface area contributed by atoms with Crippen LogP contribution in [0.25, 0.3) is 11.8 Å². The first-order chi connectivity index (χ1) is 14.5. The minimum atomic E-state index is -0.0827. The molecule has 0 N–H and O–H groups in total. The zero-order chi connectivity index (χ0) is 21.1. The number of halogens is 1. The predicted octanol–water partition coefficient (Wildman–Crippen LogP) is 4.47. The van der Waals surface area contributed by atoms with Gasteiger partial charge < -0.3 is 9.64 Å². The number of hydrogen-bond acceptors (Lipinski definition) is 4. The molecule has 0 aliphatic carbocycles. The lowest BCUT2D eigenvalue weighted by Crippen LogP contribution is -2.28. The van der Waals surface area contributed by atoms with Crippen molar-refractivity contribution in [3.05, 3.63) is 89.0 Å². The quantitative estimate of drug-likeness (QED) is 0.571. The second-order valence-electron chi connectivity index (χ2n) is 7.08. The van der Waals surface area contributed by atoms with Gasteiger partial charge in [-0.3, -0.25) is 4.79 Å². The molecular weight excluding hydrogens is 400 g/mol. The first-order valence-electron chi connectivity index (χ1n) is 9.54. The van der Waals surface area contributed by atoms with E-state index in [1.807, 2.05) is 49.4 Å². The Hall–Kier alpha value is -3.38. The zero-order valence-electron chi connectivity index (χ0n) is 16.7. The highest BCUT2D eigenvalue weighted by atomic mass is 35.5. The molecule has 0 spiro atoms. The Morgan fingerprint density at radius 3 is 2.80 bits per heavy atom. The van der Waals surface area contributed by atoms with Crippen molar-refractivity contribution in [3.63, 3.8) is 0 Å². The van der Waals surface area contributed by atoms with Crippen LogP contribution in [0.3, 0.4) is 0 Å². The van der Waals surface area contributed by atoms with E-state index >= 15 is 0 Å². The van der Waals surface area contributed by atoms with Gasteiger partial charge in [0.05, 0.1) is 11.7 Å². The summed E-state index contributed by atoms with van der Waals surface area (Å²) in [5.41, 5.74) is 3.78. The van der Waals surface area contributed by atoms with Crippen molar-refractivity contribution in [1.82, 2.24) is 19.7 Å². The maximum absolute atomic E-state index is 12.7. The van der Waals surface area contributed by atoms with E-state index in [4.69, 9.17) is 16.3 Å². The second-order valence-corrected chi connectivity index (χ2v) is 7.52. The molecule has 30 heavy (non-hydrogen) atoms. The van der Waals surface area contributed by atoms with Crippen LogP contribution >= 0.6 is 11.6 Å². The molecule has 152 valence electrons. The molecule has 7 heteroatoms. The molecule has 0 fully saturated rings. The molecule has 0 saturated carbocycles. The van der Waals surface area contributed by atoms with Crippen molar-refractivity contribution in [2.75, 3.05) is 13.7 Å². The Morgan fingerprint density at radius 1 is 1.27 bits per heavy atom. The number of carbonyl (C=O) groups excluding carboxylic acids is 1. The van der Waals surface area contributed by atoms with Crippen LogP contribution in [0.5, 0.6) is 5.75 Å². The molecule has 0 radical (unpaired) electrons. The molecule has 1 aromatic heterocycles. The number of hydrogen-bond donors (Lipinski definition) is 0. The Bertz CT molecular complexity index is 1100. The molecule has 0 saturated heterocycles. The van der Waals surface area contributed by atoms with Crippen molar-refractivity contribution in [2.45, 2.75) is 13.0 Å². The summed E-state index contributed by atoms with van der Waals surface area (Å²) in [6.07, 6.45) is 8.50. The van der Waals surface area contributed by atoms with Gasteiger partial charge in [-0.2, -0.15) is 5.10 Å². The number of rotatable bonds is 5. The van der Waals surface area contributed by atoms with Crippen LogP contribution in [0.2, 0.25) is 5.02 Å². The first kappa shape index (κ1) is 19.9. The largest absolute Gasteiger partial charge is 0.488 e. The van der Waals surface area contributed by atoms with Gasteiger partial charge in [-0.25, -0.2) is 9.67 Å². The van der Waals surface area contributed by atoms with Gasteiger partial charge in [0, 0.05) is 23.7 Å². The van der Waals surface area contributed by atoms with E-state index in [9.17, 15) is 4.79 Å². The second kappa shape index (κ2) is 8.55. The molecule has 1 atom stereocenters. The van der Waals surface area contributed by atoms with Crippen molar-refractivity contribution >= 4 is 23.6 Å². The van der Waals surface area contributed by atoms with Crippen LogP contribution in [-0.2, 0) is 4.79 Å². The highest BCUT2D eigenvalue weighted by molar-refractivity contribution is 6.30. The molecule has 6 nitrogen and oxygen atoms in total. The van der Waals surface area contributed by atoms with E-state index in [1.54, 1.807) is 41.2 Å².